The van der Waals surface area contributed by atoms with Gasteiger partial charge in [0.25, 0.3) is 0 Å². The smallest absolute Gasteiger partial charge is 0.0753 e. The van der Waals surface area contributed by atoms with Crippen LogP contribution >= 0.6 is 0 Å². The molecule has 2 rings (SSSR count). The van der Waals surface area contributed by atoms with Crippen LogP contribution < -0.4 is 0 Å². The van der Waals surface area contributed by atoms with Crippen molar-refractivity contribution < 1.29 is 4.74 Å². The molecule has 0 saturated carbocycles. The maximum Gasteiger partial charge on any atom is 0.0753 e. The largest absolute Gasteiger partial charge is 0.376 e. The van der Waals surface area contributed by atoms with Gasteiger partial charge in [0.2, 0.25) is 0 Å². The number of hydrogen-bond donors (Lipinski definition) is 0. The highest BCUT2D eigenvalue weighted by atomic mass is 16.5. The predicted octanol–water partition coefficient (Wildman–Crippen LogP) is 1.79. The SMILES string of the molecule is Cn1nc(C(C)(C)C)c2c1CCOC2. The molecule has 3 heteroatoms. The van der Waals surface area contributed by atoms with E-state index in [-0.39, 0.29) is 5.41 Å². The van der Waals surface area contributed by atoms with Crippen molar-refractivity contribution in [3.05, 3.63) is 17.0 Å². The summed E-state index contributed by atoms with van der Waals surface area (Å²) >= 11 is 0. The molecule has 14 heavy (non-hydrogen) atoms. The fraction of sp³-hybridized carbons (Fsp3) is 0.727. The van der Waals surface area contributed by atoms with Crippen LogP contribution in [-0.4, -0.2) is 16.4 Å². The lowest BCUT2D eigenvalue weighted by Crippen LogP contribution is -2.17. The fourth-order valence-electron chi connectivity index (χ4n) is 2.01. The van der Waals surface area contributed by atoms with Crippen LogP contribution in [-0.2, 0) is 30.2 Å². The Labute approximate surface area is 85.1 Å². The number of nitrogens with zero attached hydrogens (tertiary/aromatic N) is 2. The minimum Gasteiger partial charge on any atom is -0.376 e. The molecule has 3 nitrogen and oxygen atoms in total. The van der Waals surface area contributed by atoms with E-state index in [9.17, 15) is 0 Å². The lowest BCUT2D eigenvalue weighted by atomic mass is 9.88. The highest BCUT2D eigenvalue weighted by molar-refractivity contribution is 5.31. The molecular formula is C11H18N2O. The van der Waals surface area contributed by atoms with Crippen LogP contribution in [0.3, 0.4) is 0 Å². The molecule has 2 heterocycles. The van der Waals surface area contributed by atoms with Gasteiger partial charge >= 0.3 is 0 Å². The minimum absolute atomic E-state index is 0.117. The molecule has 0 unspecified atom stereocenters. The molecule has 0 aliphatic carbocycles. The van der Waals surface area contributed by atoms with E-state index in [0.29, 0.717) is 0 Å². The van der Waals surface area contributed by atoms with Gasteiger partial charge in [-0.1, -0.05) is 20.8 Å². The molecule has 0 fully saturated rings. The van der Waals surface area contributed by atoms with Crippen LogP contribution in [0.4, 0.5) is 0 Å². The molecule has 78 valence electrons. The van der Waals surface area contributed by atoms with E-state index < -0.39 is 0 Å². The Balaban J connectivity index is 2.52. The van der Waals surface area contributed by atoms with Crippen LogP contribution in [0.1, 0.15) is 37.7 Å². The van der Waals surface area contributed by atoms with Gasteiger partial charge in [-0.25, -0.2) is 0 Å². The lowest BCUT2D eigenvalue weighted by Gasteiger charge is -2.20. The van der Waals surface area contributed by atoms with Crippen molar-refractivity contribution in [3.63, 3.8) is 0 Å². The number of aromatic nitrogens is 2. The van der Waals surface area contributed by atoms with E-state index in [1.807, 2.05) is 11.7 Å². The highest BCUT2D eigenvalue weighted by Crippen LogP contribution is 2.29. The van der Waals surface area contributed by atoms with Crippen molar-refractivity contribution >= 4 is 0 Å². The van der Waals surface area contributed by atoms with E-state index in [4.69, 9.17) is 4.74 Å². The van der Waals surface area contributed by atoms with Crippen molar-refractivity contribution in [2.75, 3.05) is 6.61 Å². The zero-order chi connectivity index (χ0) is 10.3. The third-order valence-electron chi connectivity index (χ3n) is 2.71. The molecule has 1 aromatic rings. The maximum absolute atomic E-state index is 5.49. The lowest BCUT2D eigenvalue weighted by molar-refractivity contribution is 0.108. The number of aryl methyl sites for hydroxylation is 1. The monoisotopic (exact) mass is 194 g/mol. The molecular weight excluding hydrogens is 176 g/mol. The normalized spacial score (nSPS) is 16.9. The molecule has 0 bridgehead atoms. The van der Waals surface area contributed by atoms with E-state index in [1.165, 1.54) is 17.0 Å². The molecule has 1 aromatic heterocycles. The molecule has 0 radical (unpaired) electrons. The van der Waals surface area contributed by atoms with E-state index in [0.717, 1.165) is 19.6 Å². The van der Waals surface area contributed by atoms with Crippen LogP contribution in [0.2, 0.25) is 0 Å². The molecule has 0 amide bonds. The quantitative estimate of drug-likeness (QED) is 0.629. The second-order valence-corrected chi connectivity index (χ2v) is 4.95. The van der Waals surface area contributed by atoms with Crippen molar-refractivity contribution in [1.29, 1.82) is 0 Å². The van der Waals surface area contributed by atoms with Gasteiger partial charge in [0, 0.05) is 30.1 Å². The Morgan fingerprint density at radius 1 is 1.36 bits per heavy atom. The third-order valence-corrected chi connectivity index (χ3v) is 2.71. The number of hydrogen-bond acceptors (Lipinski definition) is 2. The Kier molecular flexibility index (Phi) is 2.14. The number of rotatable bonds is 0. The Hall–Kier alpha value is -0.830. The van der Waals surface area contributed by atoms with Gasteiger partial charge in [-0.15, -0.1) is 0 Å². The number of fused-ring (bicyclic) bond motifs is 1. The maximum atomic E-state index is 5.49. The molecule has 0 saturated heterocycles. The fourth-order valence-corrected chi connectivity index (χ4v) is 2.01. The summed E-state index contributed by atoms with van der Waals surface area (Å²) in [6, 6.07) is 0. The van der Waals surface area contributed by atoms with Crippen molar-refractivity contribution in [2.45, 2.75) is 39.2 Å². The van der Waals surface area contributed by atoms with E-state index in [2.05, 4.69) is 25.9 Å². The van der Waals surface area contributed by atoms with Crippen molar-refractivity contribution in [3.8, 4) is 0 Å². The summed E-state index contributed by atoms with van der Waals surface area (Å²) in [5.41, 5.74) is 3.97. The van der Waals surface area contributed by atoms with Gasteiger partial charge in [-0.2, -0.15) is 5.10 Å². The highest BCUT2D eigenvalue weighted by Gasteiger charge is 2.27. The zero-order valence-corrected chi connectivity index (χ0v) is 9.42. The van der Waals surface area contributed by atoms with Gasteiger partial charge in [0.05, 0.1) is 18.9 Å². The summed E-state index contributed by atoms with van der Waals surface area (Å²) in [6.45, 7) is 8.16. The first kappa shape index (κ1) is 9.71. The first-order valence-electron chi connectivity index (χ1n) is 5.13. The zero-order valence-electron chi connectivity index (χ0n) is 9.42. The first-order chi connectivity index (χ1) is 6.50. The average molecular weight is 194 g/mol. The first-order valence-corrected chi connectivity index (χ1v) is 5.13. The summed E-state index contributed by atoms with van der Waals surface area (Å²) in [5.74, 6) is 0. The molecule has 0 atom stereocenters. The van der Waals surface area contributed by atoms with Gasteiger partial charge in [0.15, 0.2) is 0 Å². The number of ether oxygens (including phenoxy) is 1. The molecule has 1 aliphatic rings. The summed E-state index contributed by atoms with van der Waals surface area (Å²) in [5, 5.41) is 4.60. The summed E-state index contributed by atoms with van der Waals surface area (Å²) in [6.07, 6.45) is 0.995. The van der Waals surface area contributed by atoms with E-state index >= 15 is 0 Å². The predicted molar refractivity (Wildman–Crippen MR) is 55.3 cm³/mol. The third kappa shape index (κ3) is 1.46. The van der Waals surface area contributed by atoms with Crippen LogP contribution in [0.5, 0.6) is 0 Å². The Morgan fingerprint density at radius 2 is 2.07 bits per heavy atom. The average Bonchev–Trinajstić information content (AvgIpc) is 2.44. The summed E-state index contributed by atoms with van der Waals surface area (Å²) in [4.78, 5) is 0. The van der Waals surface area contributed by atoms with Crippen molar-refractivity contribution in [2.24, 2.45) is 7.05 Å². The van der Waals surface area contributed by atoms with Crippen LogP contribution in [0, 0.1) is 0 Å². The molecule has 0 spiro atoms. The second kappa shape index (κ2) is 3.09. The van der Waals surface area contributed by atoms with Gasteiger partial charge in [-0.05, 0) is 0 Å². The van der Waals surface area contributed by atoms with Crippen molar-refractivity contribution in [1.82, 2.24) is 9.78 Å². The van der Waals surface area contributed by atoms with E-state index in [1.54, 1.807) is 0 Å². The van der Waals surface area contributed by atoms with Gasteiger partial charge in [-0.3, -0.25) is 4.68 Å². The molecule has 1 aliphatic heterocycles. The topological polar surface area (TPSA) is 27.1 Å². The molecule has 0 N–H and O–H groups in total. The van der Waals surface area contributed by atoms with Crippen LogP contribution in [0.15, 0.2) is 0 Å². The summed E-state index contributed by atoms with van der Waals surface area (Å²) in [7, 11) is 2.03. The Bertz CT molecular complexity index is 347. The standard InChI is InChI=1S/C11H18N2O/c1-11(2,3)10-8-7-14-6-5-9(8)13(4)12-10/h5-7H2,1-4H3. The van der Waals surface area contributed by atoms with Crippen LogP contribution in [0.25, 0.3) is 0 Å². The summed E-state index contributed by atoms with van der Waals surface area (Å²) < 4.78 is 7.50. The molecule has 0 aromatic carbocycles. The second-order valence-electron chi connectivity index (χ2n) is 4.95. The minimum atomic E-state index is 0.117. The van der Waals surface area contributed by atoms with Gasteiger partial charge < -0.3 is 4.74 Å². The Morgan fingerprint density at radius 3 is 2.71 bits per heavy atom. The van der Waals surface area contributed by atoms with Gasteiger partial charge in [0.1, 0.15) is 0 Å².